The average molecular weight is 636 g/mol. The highest BCUT2D eigenvalue weighted by Crippen LogP contribution is 2.28. The van der Waals surface area contributed by atoms with Crippen LogP contribution in [0, 0.1) is 5.92 Å². The molecule has 2 saturated heterocycles. The predicted octanol–water partition coefficient (Wildman–Crippen LogP) is 4.60. The number of piperidine rings is 2. The second kappa shape index (κ2) is 15.6. The van der Waals surface area contributed by atoms with Gasteiger partial charge in [0.05, 0.1) is 0 Å². The summed E-state index contributed by atoms with van der Waals surface area (Å²) in [5.41, 5.74) is 3.29. The van der Waals surface area contributed by atoms with Gasteiger partial charge in [-0.3, -0.25) is 19.3 Å². The molecule has 2 aromatic rings. The lowest BCUT2D eigenvalue weighted by molar-refractivity contribution is -0.138. The Hall–Kier alpha value is -2.94. The SMILES string of the molecule is CC(=O)N1CCC(N(CC(C)C)C2CCN(C(=O)[C@@H](Cc3ccccc3Cl)NC(=O)CC3NCCc4ccccc43)CC2)CC1. The van der Waals surface area contributed by atoms with Gasteiger partial charge in [-0.15, -0.1) is 0 Å². The largest absolute Gasteiger partial charge is 0.344 e. The van der Waals surface area contributed by atoms with Gasteiger partial charge < -0.3 is 20.4 Å². The van der Waals surface area contributed by atoms with Crippen LogP contribution >= 0.6 is 11.6 Å². The summed E-state index contributed by atoms with van der Waals surface area (Å²) in [6.07, 6.45) is 5.38. The van der Waals surface area contributed by atoms with Gasteiger partial charge in [0, 0.05) is 75.6 Å². The van der Waals surface area contributed by atoms with Gasteiger partial charge in [0.1, 0.15) is 6.04 Å². The Balaban J connectivity index is 1.24. The van der Waals surface area contributed by atoms with E-state index in [0.717, 1.165) is 69.4 Å². The zero-order valence-electron chi connectivity index (χ0n) is 27.1. The number of carbonyl (C=O) groups is 3. The number of nitrogens with zero attached hydrogens (tertiary/aromatic N) is 3. The van der Waals surface area contributed by atoms with Crippen LogP contribution in [0.3, 0.4) is 0 Å². The molecular formula is C36H50ClN5O3. The van der Waals surface area contributed by atoms with Gasteiger partial charge in [0.2, 0.25) is 17.7 Å². The summed E-state index contributed by atoms with van der Waals surface area (Å²) in [4.78, 5) is 46.1. The molecule has 0 radical (unpaired) electrons. The van der Waals surface area contributed by atoms with E-state index in [2.05, 4.69) is 41.5 Å². The second-order valence-corrected chi connectivity index (χ2v) is 13.9. The van der Waals surface area contributed by atoms with Crippen molar-refractivity contribution in [2.75, 3.05) is 39.3 Å². The molecule has 2 aromatic carbocycles. The van der Waals surface area contributed by atoms with E-state index < -0.39 is 6.04 Å². The molecule has 0 saturated carbocycles. The van der Waals surface area contributed by atoms with Crippen LogP contribution in [-0.4, -0.2) is 89.8 Å². The van der Waals surface area contributed by atoms with Gasteiger partial charge in [-0.1, -0.05) is 67.9 Å². The van der Waals surface area contributed by atoms with Crippen molar-refractivity contribution >= 4 is 29.3 Å². The van der Waals surface area contributed by atoms with Crippen LogP contribution in [0.1, 0.15) is 75.6 Å². The standard InChI is InChI=1S/C36H50ClN5O3/c1-25(2)24-42(29-13-18-40(19-14-29)26(3)43)30-15-20-41(21-16-30)36(45)34(22-28-9-5-7-11-32(28)37)39-35(44)23-33-31-10-6-4-8-27(31)12-17-38-33/h4-11,25,29-30,33-34,38H,12-24H2,1-3H3,(H,39,44)/t33?,34-/m1/s1. The predicted molar refractivity (Wildman–Crippen MR) is 179 cm³/mol. The van der Waals surface area contributed by atoms with Gasteiger partial charge in [-0.2, -0.15) is 0 Å². The number of nitrogens with one attached hydrogen (secondary N) is 2. The number of amides is 3. The van der Waals surface area contributed by atoms with Gasteiger partial charge in [0.25, 0.3) is 0 Å². The van der Waals surface area contributed by atoms with E-state index in [1.165, 1.54) is 5.56 Å². The molecule has 3 amide bonds. The Bertz CT molecular complexity index is 1320. The number of hydrogen-bond acceptors (Lipinski definition) is 5. The van der Waals surface area contributed by atoms with Crippen molar-refractivity contribution in [1.29, 1.82) is 0 Å². The molecule has 0 bridgehead atoms. The summed E-state index contributed by atoms with van der Waals surface area (Å²) in [5.74, 6) is 0.527. The Morgan fingerprint density at radius 1 is 0.933 bits per heavy atom. The topological polar surface area (TPSA) is 85.0 Å². The first kappa shape index (κ1) is 33.4. The van der Waals surface area contributed by atoms with Crippen molar-refractivity contribution < 1.29 is 14.4 Å². The van der Waals surface area contributed by atoms with Crippen molar-refractivity contribution in [3.63, 3.8) is 0 Å². The molecule has 45 heavy (non-hydrogen) atoms. The maximum atomic E-state index is 14.1. The monoisotopic (exact) mass is 635 g/mol. The minimum atomic E-state index is -0.685. The van der Waals surface area contributed by atoms with Crippen LogP contribution in [0.25, 0.3) is 0 Å². The number of benzene rings is 2. The molecule has 2 fully saturated rings. The third kappa shape index (κ3) is 8.66. The van der Waals surface area contributed by atoms with Crippen LogP contribution in [0.2, 0.25) is 5.02 Å². The van der Waals surface area contributed by atoms with Gasteiger partial charge in [-0.25, -0.2) is 0 Å². The zero-order chi connectivity index (χ0) is 31.9. The van der Waals surface area contributed by atoms with E-state index in [4.69, 9.17) is 11.6 Å². The first-order chi connectivity index (χ1) is 21.7. The van der Waals surface area contributed by atoms with Crippen molar-refractivity contribution in [3.05, 3.63) is 70.2 Å². The first-order valence-corrected chi connectivity index (χ1v) is 17.2. The van der Waals surface area contributed by atoms with Crippen LogP contribution < -0.4 is 10.6 Å². The lowest BCUT2D eigenvalue weighted by Gasteiger charge is -2.46. The number of fused-ring (bicyclic) bond motifs is 1. The zero-order valence-corrected chi connectivity index (χ0v) is 27.9. The highest BCUT2D eigenvalue weighted by Gasteiger charge is 2.36. The Morgan fingerprint density at radius 3 is 2.20 bits per heavy atom. The number of carbonyl (C=O) groups excluding carboxylic acids is 3. The van der Waals surface area contributed by atoms with E-state index in [9.17, 15) is 14.4 Å². The molecule has 8 nitrogen and oxygen atoms in total. The summed E-state index contributed by atoms with van der Waals surface area (Å²) in [5, 5.41) is 7.22. The fourth-order valence-electron chi connectivity index (χ4n) is 7.47. The molecular weight excluding hydrogens is 586 g/mol. The maximum Gasteiger partial charge on any atom is 0.245 e. The molecule has 1 unspecified atom stereocenters. The molecule has 3 aliphatic heterocycles. The third-order valence-corrected chi connectivity index (χ3v) is 10.2. The highest BCUT2D eigenvalue weighted by atomic mass is 35.5. The van der Waals surface area contributed by atoms with E-state index in [1.807, 2.05) is 46.2 Å². The molecule has 2 N–H and O–H groups in total. The van der Waals surface area contributed by atoms with Crippen LogP contribution in [0.5, 0.6) is 0 Å². The summed E-state index contributed by atoms with van der Waals surface area (Å²) < 4.78 is 0. The molecule has 3 aliphatic rings. The van der Waals surface area contributed by atoms with Crippen molar-refractivity contribution in [3.8, 4) is 0 Å². The molecule has 5 rings (SSSR count). The molecule has 0 spiro atoms. The Kier molecular flexibility index (Phi) is 11.6. The van der Waals surface area contributed by atoms with E-state index in [1.54, 1.807) is 6.92 Å². The van der Waals surface area contributed by atoms with E-state index >= 15 is 0 Å². The van der Waals surface area contributed by atoms with Gasteiger partial charge in [-0.05, 0) is 67.3 Å². The fourth-order valence-corrected chi connectivity index (χ4v) is 7.68. The van der Waals surface area contributed by atoms with Crippen molar-refractivity contribution in [1.82, 2.24) is 25.3 Å². The first-order valence-electron chi connectivity index (χ1n) is 16.8. The van der Waals surface area contributed by atoms with Crippen LogP contribution in [0.15, 0.2) is 48.5 Å². The summed E-state index contributed by atoms with van der Waals surface area (Å²) in [7, 11) is 0. The minimum Gasteiger partial charge on any atom is -0.344 e. The van der Waals surface area contributed by atoms with E-state index in [0.29, 0.717) is 42.5 Å². The average Bonchev–Trinajstić information content (AvgIpc) is 3.04. The molecule has 9 heteroatoms. The molecule has 0 aromatic heterocycles. The molecule has 2 atom stereocenters. The lowest BCUT2D eigenvalue weighted by Crippen LogP contribution is -2.56. The normalized spacial score (nSPS) is 20.3. The third-order valence-electron chi connectivity index (χ3n) is 9.82. The Labute approximate surface area is 273 Å². The number of likely N-dealkylation sites (tertiary alicyclic amines) is 2. The van der Waals surface area contributed by atoms with Gasteiger partial charge in [0.15, 0.2) is 0 Å². The van der Waals surface area contributed by atoms with Crippen LogP contribution in [0.4, 0.5) is 0 Å². The second-order valence-electron chi connectivity index (χ2n) is 13.5. The van der Waals surface area contributed by atoms with Crippen LogP contribution in [-0.2, 0) is 27.2 Å². The number of halogens is 1. The molecule has 0 aliphatic carbocycles. The smallest absolute Gasteiger partial charge is 0.245 e. The fraction of sp³-hybridized carbons (Fsp3) is 0.583. The summed E-state index contributed by atoms with van der Waals surface area (Å²) in [6, 6.07) is 15.9. The molecule has 244 valence electrons. The van der Waals surface area contributed by atoms with Crippen molar-refractivity contribution in [2.45, 2.75) is 89.9 Å². The van der Waals surface area contributed by atoms with E-state index in [-0.39, 0.29) is 30.2 Å². The Morgan fingerprint density at radius 2 is 1.56 bits per heavy atom. The van der Waals surface area contributed by atoms with Gasteiger partial charge >= 0.3 is 0 Å². The molecule has 3 heterocycles. The lowest BCUT2D eigenvalue weighted by atomic mass is 9.92. The summed E-state index contributed by atoms with van der Waals surface area (Å²) in [6.45, 7) is 11.0. The quantitative estimate of drug-likeness (QED) is 0.399. The number of hydrogen-bond donors (Lipinski definition) is 2. The minimum absolute atomic E-state index is 0.0381. The highest BCUT2D eigenvalue weighted by molar-refractivity contribution is 6.31. The summed E-state index contributed by atoms with van der Waals surface area (Å²) >= 11 is 6.53. The van der Waals surface area contributed by atoms with Crippen molar-refractivity contribution in [2.24, 2.45) is 5.92 Å². The number of rotatable bonds is 10. The maximum absolute atomic E-state index is 14.1.